The number of anilines is 2. The van der Waals surface area contributed by atoms with E-state index in [1.54, 1.807) is 67.8 Å². The van der Waals surface area contributed by atoms with Gasteiger partial charge in [0.25, 0.3) is 15.9 Å². The van der Waals surface area contributed by atoms with Gasteiger partial charge in [-0.3, -0.25) is 14.5 Å². The van der Waals surface area contributed by atoms with Gasteiger partial charge < -0.3 is 10.1 Å². The number of aromatic nitrogens is 1. The minimum absolute atomic E-state index is 0.0146. The number of sulfonamides is 1. The normalized spacial score (nSPS) is 10.9. The maximum atomic E-state index is 12.9. The summed E-state index contributed by atoms with van der Waals surface area (Å²) < 4.78 is 33.5. The first-order valence-corrected chi connectivity index (χ1v) is 9.87. The van der Waals surface area contributed by atoms with Crippen LogP contribution < -0.4 is 14.8 Å². The highest BCUT2D eigenvalue weighted by Gasteiger charge is 2.21. The Hall–Kier alpha value is -3.39. The summed E-state index contributed by atoms with van der Waals surface area (Å²) in [4.78, 5) is 16.4. The Bertz CT molecular complexity index is 1100. The monoisotopic (exact) mass is 397 g/mol. The highest BCUT2D eigenvalue weighted by Crippen LogP contribution is 2.27. The number of ether oxygens (including phenoxy) is 1. The van der Waals surface area contributed by atoms with Crippen LogP contribution in [0.1, 0.15) is 15.9 Å². The van der Waals surface area contributed by atoms with Gasteiger partial charge >= 0.3 is 0 Å². The smallest absolute Gasteiger partial charge is 0.262 e. The molecule has 2 aromatic carbocycles. The first-order valence-electron chi connectivity index (χ1n) is 8.38. The van der Waals surface area contributed by atoms with E-state index >= 15 is 0 Å². The standard InChI is InChI=1S/C20H19N3O4S/c1-14-7-8-15(20(24)22-16-9-11-21-12-10-16)13-19(14)28(25,26)23-17-5-3-4-6-18(17)27-2/h3-13,23H,1-2H3,(H,21,22,24). The molecule has 1 amide bonds. The fourth-order valence-corrected chi connectivity index (χ4v) is 3.94. The summed E-state index contributed by atoms with van der Waals surface area (Å²) in [5, 5.41) is 2.71. The summed E-state index contributed by atoms with van der Waals surface area (Å²) in [5.74, 6) is -0.0183. The molecule has 0 aliphatic heterocycles. The molecule has 0 atom stereocenters. The SMILES string of the molecule is COc1ccccc1NS(=O)(=O)c1cc(C(=O)Nc2ccncc2)ccc1C. The third-order valence-corrected chi connectivity index (χ3v) is 5.54. The molecule has 0 saturated heterocycles. The Balaban J connectivity index is 1.91. The summed E-state index contributed by atoms with van der Waals surface area (Å²) in [5.41, 5.74) is 1.62. The van der Waals surface area contributed by atoms with Crippen LogP contribution in [-0.2, 0) is 10.0 Å². The summed E-state index contributed by atoms with van der Waals surface area (Å²) >= 11 is 0. The van der Waals surface area contributed by atoms with E-state index in [0.717, 1.165) is 0 Å². The van der Waals surface area contributed by atoms with Gasteiger partial charge in [0.15, 0.2) is 0 Å². The predicted octanol–water partition coefficient (Wildman–Crippen LogP) is 3.45. The number of carbonyl (C=O) groups excluding carboxylic acids is 1. The van der Waals surface area contributed by atoms with Crippen molar-refractivity contribution in [1.82, 2.24) is 4.98 Å². The molecule has 8 heteroatoms. The quantitative estimate of drug-likeness (QED) is 0.664. The largest absolute Gasteiger partial charge is 0.495 e. The van der Waals surface area contributed by atoms with Gasteiger partial charge in [-0.05, 0) is 48.9 Å². The zero-order chi connectivity index (χ0) is 20.1. The number of hydrogen-bond acceptors (Lipinski definition) is 5. The lowest BCUT2D eigenvalue weighted by atomic mass is 10.1. The number of nitrogens with one attached hydrogen (secondary N) is 2. The fraction of sp³-hybridized carbons (Fsp3) is 0.100. The average molecular weight is 397 g/mol. The van der Waals surface area contributed by atoms with Crippen molar-refractivity contribution < 1.29 is 17.9 Å². The van der Waals surface area contributed by atoms with Crippen molar-refractivity contribution in [1.29, 1.82) is 0 Å². The maximum Gasteiger partial charge on any atom is 0.262 e. The van der Waals surface area contributed by atoms with Gasteiger partial charge in [0.2, 0.25) is 0 Å². The van der Waals surface area contributed by atoms with Gasteiger partial charge in [0.05, 0.1) is 17.7 Å². The maximum absolute atomic E-state index is 12.9. The zero-order valence-corrected chi connectivity index (χ0v) is 16.2. The molecule has 0 bridgehead atoms. The molecule has 0 spiro atoms. The second-order valence-corrected chi connectivity index (χ2v) is 7.63. The molecule has 28 heavy (non-hydrogen) atoms. The van der Waals surface area contributed by atoms with Crippen LogP contribution in [-0.4, -0.2) is 26.4 Å². The van der Waals surface area contributed by atoms with E-state index in [1.807, 2.05) is 0 Å². The lowest BCUT2D eigenvalue weighted by molar-refractivity contribution is 0.102. The molecule has 3 rings (SSSR count). The van der Waals surface area contributed by atoms with E-state index in [0.29, 0.717) is 22.7 Å². The van der Waals surface area contributed by atoms with E-state index in [9.17, 15) is 13.2 Å². The number of nitrogens with zero attached hydrogens (tertiary/aromatic N) is 1. The number of amides is 1. The average Bonchev–Trinajstić information content (AvgIpc) is 2.69. The molecule has 2 N–H and O–H groups in total. The highest BCUT2D eigenvalue weighted by atomic mass is 32.2. The Kier molecular flexibility index (Phi) is 5.60. The van der Waals surface area contributed by atoms with Crippen molar-refractivity contribution in [3.8, 4) is 5.75 Å². The van der Waals surface area contributed by atoms with Crippen molar-refractivity contribution in [2.45, 2.75) is 11.8 Å². The Morgan fingerprint density at radius 3 is 2.46 bits per heavy atom. The van der Waals surface area contributed by atoms with E-state index < -0.39 is 15.9 Å². The van der Waals surface area contributed by atoms with Crippen LogP contribution in [0.4, 0.5) is 11.4 Å². The first-order chi connectivity index (χ1) is 13.4. The molecular formula is C20H19N3O4S. The van der Waals surface area contributed by atoms with Crippen molar-refractivity contribution in [2.75, 3.05) is 17.1 Å². The van der Waals surface area contributed by atoms with Gasteiger partial charge in [-0.15, -0.1) is 0 Å². The molecule has 1 heterocycles. The summed E-state index contributed by atoms with van der Waals surface area (Å²) in [6.07, 6.45) is 3.11. The van der Waals surface area contributed by atoms with Crippen LogP contribution in [0.15, 0.2) is 71.9 Å². The lowest BCUT2D eigenvalue weighted by Crippen LogP contribution is -2.17. The molecule has 0 aliphatic rings. The molecule has 7 nitrogen and oxygen atoms in total. The number of carbonyl (C=O) groups is 1. The molecule has 1 aromatic heterocycles. The van der Waals surface area contributed by atoms with Gasteiger partial charge in [-0.1, -0.05) is 18.2 Å². The third-order valence-electron chi connectivity index (χ3n) is 4.03. The summed E-state index contributed by atoms with van der Waals surface area (Å²) in [7, 11) is -2.46. The molecule has 0 saturated carbocycles. The van der Waals surface area contributed by atoms with Crippen molar-refractivity contribution in [3.05, 3.63) is 78.1 Å². The number of rotatable bonds is 6. The van der Waals surface area contributed by atoms with Crippen LogP contribution in [0.25, 0.3) is 0 Å². The minimum atomic E-state index is -3.93. The van der Waals surface area contributed by atoms with E-state index in [2.05, 4.69) is 15.0 Å². The zero-order valence-electron chi connectivity index (χ0n) is 15.3. The van der Waals surface area contributed by atoms with Crippen LogP contribution in [0.2, 0.25) is 0 Å². The molecule has 0 aliphatic carbocycles. The molecule has 0 fully saturated rings. The van der Waals surface area contributed by atoms with Crippen LogP contribution in [0, 0.1) is 6.92 Å². The Morgan fingerprint density at radius 1 is 1.04 bits per heavy atom. The molecule has 3 aromatic rings. The van der Waals surface area contributed by atoms with Crippen molar-refractivity contribution in [2.24, 2.45) is 0 Å². The fourth-order valence-electron chi connectivity index (χ4n) is 2.60. The Morgan fingerprint density at radius 2 is 1.75 bits per heavy atom. The number of para-hydroxylation sites is 2. The molecule has 0 radical (unpaired) electrons. The number of methoxy groups -OCH3 is 1. The second-order valence-electron chi connectivity index (χ2n) is 5.98. The molecular weight excluding hydrogens is 378 g/mol. The second kappa shape index (κ2) is 8.10. The van der Waals surface area contributed by atoms with Crippen LogP contribution >= 0.6 is 0 Å². The first kappa shape index (κ1) is 19.4. The Labute approximate surface area is 163 Å². The lowest BCUT2D eigenvalue weighted by Gasteiger charge is -2.14. The van der Waals surface area contributed by atoms with Gasteiger partial charge in [-0.25, -0.2) is 8.42 Å². The molecule has 144 valence electrons. The number of aryl methyl sites for hydroxylation is 1. The van der Waals surface area contributed by atoms with E-state index in [4.69, 9.17) is 4.74 Å². The van der Waals surface area contributed by atoms with Crippen LogP contribution in [0.3, 0.4) is 0 Å². The topological polar surface area (TPSA) is 97.4 Å². The van der Waals surface area contributed by atoms with E-state index in [-0.39, 0.29) is 10.5 Å². The van der Waals surface area contributed by atoms with Gasteiger partial charge in [0.1, 0.15) is 5.75 Å². The molecule has 0 unspecified atom stereocenters. The number of hydrogen-bond donors (Lipinski definition) is 2. The van der Waals surface area contributed by atoms with Crippen molar-refractivity contribution in [3.63, 3.8) is 0 Å². The van der Waals surface area contributed by atoms with Gasteiger partial charge in [-0.2, -0.15) is 0 Å². The predicted molar refractivity (Wildman–Crippen MR) is 107 cm³/mol. The van der Waals surface area contributed by atoms with Crippen molar-refractivity contribution >= 4 is 27.3 Å². The number of benzene rings is 2. The summed E-state index contributed by atoms with van der Waals surface area (Å²) in [6, 6.07) is 14.5. The minimum Gasteiger partial charge on any atom is -0.495 e. The van der Waals surface area contributed by atoms with Crippen LogP contribution in [0.5, 0.6) is 5.75 Å². The number of pyridine rings is 1. The third kappa shape index (κ3) is 4.29. The van der Waals surface area contributed by atoms with Gasteiger partial charge in [0, 0.05) is 23.6 Å². The highest BCUT2D eigenvalue weighted by molar-refractivity contribution is 7.92. The summed E-state index contributed by atoms with van der Waals surface area (Å²) in [6.45, 7) is 1.67. The van der Waals surface area contributed by atoms with E-state index in [1.165, 1.54) is 13.2 Å².